The number of hydrogen-bond donors (Lipinski definition) is 3. The Hall–Kier alpha value is -4.05. The van der Waals surface area contributed by atoms with Crippen molar-refractivity contribution in [2.75, 3.05) is 10.6 Å². The summed E-state index contributed by atoms with van der Waals surface area (Å²) in [5.74, 6) is 3.09. The Balaban J connectivity index is 1.14. The number of pyridine rings is 1. The minimum atomic E-state index is -0.160. The molecule has 0 radical (unpaired) electrons. The number of anilines is 2. The molecule has 34 heavy (non-hydrogen) atoms. The summed E-state index contributed by atoms with van der Waals surface area (Å²) in [6.45, 7) is 0.664. The molecule has 2 aliphatic rings. The topological polar surface area (TPSA) is 104 Å². The highest BCUT2D eigenvalue weighted by atomic mass is 32.2. The van der Waals surface area contributed by atoms with Crippen LogP contribution in [0.2, 0.25) is 0 Å². The molecule has 9 nitrogen and oxygen atoms in total. The van der Waals surface area contributed by atoms with E-state index in [0.717, 1.165) is 28.0 Å². The number of imidazole rings is 1. The zero-order valence-electron chi connectivity index (χ0n) is 18.2. The minimum Gasteiger partial charge on any atom is -0.323 e. The molecule has 0 spiro atoms. The first-order valence-corrected chi connectivity index (χ1v) is 11.8. The lowest BCUT2D eigenvalue weighted by atomic mass is 10.2. The minimum absolute atomic E-state index is 0.160. The van der Waals surface area contributed by atoms with E-state index in [4.69, 9.17) is 0 Å². The standard InChI is InChI=1S/C24H22N8OS/c33-24(17-7-9-25-10-8-17)27-18-3-5-19(6-4-18)34-31-14-22-26-11-12-32(22)23(15-31)28-21-13-20(29-30-21)16-1-2-16/h3-13,15-16H,1-2,14H2,(H,27,33)(H2,28,29,30). The Kier molecular flexibility index (Phi) is 5.27. The van der Waals surface area contributed by atoms with Crippen LogP contribution in [-0.2, 0) is 6.54 Å². The highest BCUT2D eigenvalue weighted by molar-refractivity contribution is 7.97. The smallest absolute Gasteiger partial charge is 0.255 e. The monoisotopic (exact) mass is 470 g/mol. The van der Waals surface area contributed by atoms with E-state index in [2.05, 4.69) is 47.4 Å². The molecule has 0 atom stereocenters. The van der Waals surface area contributed by atoms with Gasteiger partial charge in [-0.25, -0.2) is 4.98 Å². The fourth-order valence-electron chi connectivity index (χ4n) is 3.78. The van der Waals surface area contributed by atoms with E-state index in [-0.39, 0.29) is 5.91 Å². The summed E-state index contributed by atoms with van der Waals surface area (Å²) in [5.41, 5.74) is 2.50. The largest absolute Gasteiger partial charge is 0.323 e. The third-order valence-corrected chi connectivity index (χ3v) is 6.64. The number of hydrogen-bond acceptors (Lipinski definition) is 7. The van der Waals surface area contributed by atoms with E-state index in [1.165, 1.54) is 18.5 Å². The SMILES string of the molecule is O=C(Nc1ccc(SN2C=C(Nc3cc(C4CC4)[nH]n3)n3ccnc3C2)cc1)c1ccncc1. The maximum absolute atomic E-state index is 12.4. The summed E-state index contributed by atoms with van der Waals surface area (Å²) in [5, 5.41) is 13.9. The van der Waals surface area contributed by atoms with Gasteiger partial charge in [0.2, 0.25) is 0 Å². The third-order valence-electron chi connectivity index (χ3n) is 5.69. The van der Waals surface area contributed by atoms with Crippen molar-refractivity contribution in [1.29, 1.82) is 0 Å². The number of aromatic nitrogens is 5. The number of rotatable bonds is 7. The Morgan fingerprint density at radius 3 is 2.71 bits per heavy atom. The number of nitrogens with one attached hydrogen (secondary N) is 3. The van der Waals surface area contributed by atoms with Crippen LogP contribution in [-0.4, -0.2) is 34.9 Å². The summed E-state index contributed by atoms with van der Waals surface area (Å²) >= 11 is 1.60. The van der Waals surface area contributed by atoms with Crippen molar-refractivity contribution in [2.24, 2.45) is 0 Å². The number of carbonyl (C=O) groups is 1. The van der Waals surface area contributed by atoms with Gasteiger partial charge in [0.15, 0.2) is 5.82 Å². The molecule has 10 heteroatoms. The molecule has 0 bridgehead atoms. The Labute approximate surface area is 200 Å². The molecule has 1 aromatic carbocycles. The first-order valence-electron chi connectivity index (χ1n) is 11.0. The molecule has 3 N–H and O–H groups in total. The van der Waals surface area contributed by atoms with Crippen molar-refractivity contribution >= 4 is 35.2 Å². The van der Waals surface area contributed by atoms with Crippen LogP contribution in [0.5, 0.6) is 0 Å². The molecule has 0 saturated heterocycles. The van der Waals surface area contributed by atoms with Crippen LogP contribution >= 0.6 is 11.9 Å². The van der Waals surface area contributed by atoms with Crippen LogP contribution < -0.4 is 10.6 Å². The van der Waals surface area contributed by atoms with Gasteiger partial charge in [0, 0.05) is 58.6 Å². The lowest BCUT2D eigenvalue weighted by Gasteiger charge is -2.26. The summed E-state index contributed by atoms with van der Waals surface area (Å²) in [6, 6.07) is 13.2. The van der Waals surface area contributed by atoms with Gasteiger partial charge >= 0.3 is 0 Å². The maximum atomic E-state index is 12.4. The van der Waals surface area contributed by atoms with Crippen LogP contribution in [0.4, 0.5) is 11.5 Å². The van der Waals surface area contributed by atoms with Crippen LogP contribution in [0.25, 0.3) is 5.82 Å². The molecule has 4 aromatic rings. The van der Waals surface area contributed by atoms with Gasteiger partial charge in [-0.05, 0) is 61.2 Å². The maximum Gasteiger partial charge on any atom is 0.255 e. The molecule has 0 unspecified atom stereocenters. The van der Waals surface area contributed by atoms with Gasteiger partial charge in [0.1, 0.15) is 11.6 Å². The molecule has 1 amide bonds. The van der Waals surface area contributed by atoms with Crippen molar-refractivity contribution in [3.8, 4) is 0 Å². The highest BCUT2D eigenvalue weighted by Gasteiger charge is 2.26. The predicted molar refractivity (Wildman–Crippen MR) is 131 cm³/mol. The summed E-state index contributed by atoms with van der Waals surface area (Å²) < 4.78 is 4.17. The van der Waals surface area contributed by atoms with E-state index >= 15 is 0 Å². The van der Waals surface area contributed by atoms with Crippen molar-refractivity contribution in [3.63, 3.8) is 0 Å². The highest BCUT2D eigenvalue weighted by Crippen LogP contribution is 2.39. The van der Waals surface area contributed by atoms with Crippen molar-refractivity contribution in [2.45, 2.75) is 30.2 Å². The molecular formula is C24H22N8OS. The number of fused-ring (bicyclic) bond motifs is 1. The zero-order chi connectivity index (χ0) is 22.9. The van der Waals surface area contributed by atoms with Crippen molar-refractivity contribution in [3.05, 3.63) is 90.5 Å². The van der Waals surface area contributed by atoms with Crippen LogP contribution in [0, 0.1) is 0 Å². The van der Waals surface area contributed by atoms with Gasteiger partial charge in [0.05, 0.1) is 12.7 Å². The van der Waals surface area contributed by atoms with E-state index in [1.807, 2.05) is 35.0 Å². The van der Waals surface area contributed by atoms with E-state index in [0.29, 0.717) is 18.0 Å². The Morgan fingerprint density at radius 1 is 1.09 bits per heavy atom. The van der Waals surface area contributed by atoms with Crippen LogP contribution in [0.3, 0.4) is 0 Å². The van der Waals surface area contributed by atoms with Gasteiger partial charge in [-0.15, -0.1) is 0 Å². The quantitative estimate of drug-likeness (QED) is 0.341. The second kappa shape index (κ2) is 8.71. The average Bonchev–Trinajstić information content (AvgIpc) is 3.41. The van der Waals surface area contributed by atoms with E-state index < -0.39 is 0 Å². The molecule has 3 aromatic heterocycles. The zero-order valence-corrected chi connectivity index (χ0v) is 19.0. The lowest BCUT2D eigenvalue weighted by Crippen LogP contribution is -2.23. The predicted octanol–water partition coefficient (Wildman–Crippen LogP) is 4.52. The Bertz CT molecular complexity index is 1340. The molecule has 1 saturated carbocycles. The van der Waals surface area contributed by atoms with Gasteiger partial charge in [-0.2, -0.15) is 5.10 Å². The fraction of sp³-hybridized carbons (Fsp3) is 0.167. The van der Waals surface area contributed by atoms with Crippen molar-refractivity contribution < 1.29 is 4.79 Å². The second-order valence-electron chi connectivity index (χ2n) is 8.22. The molecular weight excluding hydrogens is 448 g/mol. The van der Waals surface area contributed by atoms with Crippen LogP contribution in [0.1, 0.15) is 40.6 Å². The molecule has 1 aliphatic carbocycles. The molecule has 4 heterocycles. The van der Waals surface area contributed by atoms with E-state index in [9.17, 15) is 4.79 Å². The van der Waals surface area contributed by atoms with E-state index in [1.54, 1.807) is 42.7 Å². The summed E-state index contributed by atoms with van der Waals surface area (Å²) in [4.78, 5) is 21.9. The molecule has 1 fully saturated rings. The van der Waals surface area contributed by atoms with Crippen LogP contribution in [0.15, 0.2) is 78.3 Å². The van der Waals surface area contributed by atoms with Gasteiger partial charge in [-0.1, -0.05) is 0 Å². The molecule has 1 aliphatic heterocycles. The van der Waals surface area contributed by atoms with Gasteiger partial charge in [-0.3, -0.25) is 19.4 Å². The first kappa shape index (κ1) is 20.5. The van der Waals surface area contributed by atoms with Crippen molar-refractivity contribution in [1.82, 2.24) is 29.0 Å². The number of nitrogens with zero attached hydrogens (tertiary/aromatic N) is 5. The van der Waals surface area contributed by atoms with Gasteiger partial charge < -0.3 is 14.9 Å². The average molecular weight is 471 g/mol. The number of benzene rings is 1. The lowest BCUT2D eigenvalue weighted by molar-refractivity contribution is 0.102. The number of carbonyl (C=O) groups excluding carboxylic acids is 1. The first-order chi connectivity index (χ1) is 16.7. The molecule has 6 rings (SSSR count). The molecule has 170 valence electrons. The number of H-pyrrole nitrogens is 1. The van der Waals surface area contributed by atoms with Gasteiger partial charge in [0.25, 0.3) is 5.91 Å². The third kappa shape index (κ3) is 4.40. The fourth-order valence-corrected chi connectivity index (χ4v) is 4.64. The number of aromatic amines is 1. The summed E-state index contributed by atoms with van der Waals surface area (Å²) in [7, 11) is 0. The summed E-state index contributed by atoms with van der Waals surface area (Å²) in [6.07, 6.45) is 11.5. The Morgan fingerprint density at radius 2 is 1.91 bits per heavy atom. The number of amides is 1. The normalized spacial score (nSPS) is 14.9. The second-order valence-corrected chi connectivity index (χ2v) is 9.34.